The zero-order valence-corrected chi connectivity index (χ0v) is 15.7. The van der Waals surface area contributed by atoms with Crippen LogP contribution in [0, 0.1) is 0 Å². The largest absolute Gasteiger partial charge is 0.454 e. The van der Waals surface area contributed by atoms with Gasteiger partial charge in [-0.1, -0.05) is 25.0 Å². The van der Waals surface area contributed by atoms with Crippen molar-refractivity contribution in [3.8, 4) is 11.5 Å². The second kappa shape index (κ2) is 7.16. The van der Waals surface area contributed by atoms with E-state index in [-0.39, 0.29) is 18.5 Å². The Kier molecular flexibility index (Phi) is 4.35. The highest BCUT2D eigenvalue weighted by atomic mass is 16.7. The van der Waals surface area contributed by atoms with Crippen molar-refractivity contribution in [2.45, 2.75) is 31.7 Å². The predicted octanol–water partition coefficient (Wildman–Crippen LogP) is 4.13. The lowest BCUT2D eigenvalue weighted by molar-refractivity contribution is 0.102. The van der Waals surface area contributed by atoms with Crippen LogP contribution in [-0.4, -0.2) is 18.7 Å². The number of amides is 1. The second-order valence-electron chi connectivity index (χ2n) is 7.28. The molecule has 1 aliphatic carbocycles. The summed E-state index contributed by atoms with van der Waals surface area (Å²) in [6, 6.07) is 12.5. The Morgan fingerprint density at radius 2 is 1.76 bits per heavy atom. The third kappa shape index (κ3) is 3.29. The van der Waals surface area contributed by atoms with Crippen LogP contribution in [0.15, 0.2) is 51.7 Å². The summed E-state index contributed by atoms with van der Waals surface area (Å²) < 4.78 is 16.1. The fourth-order valence-corrected chi connectivity index (χ4v) is 3.91. The molecule has 0 bridgehead atoms. The first-order valence-electron chi connectivity index (χ1n) is 9.72. The molecule has 3 aromatic rings. The fourth-order valence-electron chi connectivity index (χ4n) is 3.91. The van der Waals surface area contributed by atoms with Gasteiger partial charge in [0.25, 0.3) is 5.91 Å². The van der Waals surface area contributed by atoms with Gasteiger partial charge >= 0.3 is 5.63 Å². The minimum atomic E-state index is -0.585. The number of carbonyl (C=O) groups is 1. The number of fused-ring (bicyclic) bond motifs is 2. The van der Waals surface area contributed by atoms with E-state index >= 15 is 0 Å². The van der Waals surface area contributed by atoms with Crippen molar-refractivity contribution in [1.29, 1.82) is 0 Å². The molecule has 29 heavy (non-hydrogen) atoms. The predicted molar refractivity (Wildman–Crippen MR) is 109 cm³/mol. The van der Waals surface area contributed by atoms with Crippen LogP contribution >= 0.6 is 0 Å². The molecule has 1 saturated carbocycles. The van der Waals surface area contributed by atoms with E-state index in [0.717, 1.165) is 31.1 Å². The molecule has 148 valence electrons. The van der Waals surface area contributed by atoms with Gasteiger partial charge in [0.1, 0.15) is 5.58 Å². The molecule has 2 aliphatic rings. The van der Waals surface area contributed by atoms with E-state index in [1.54, 1.807) is 24.3 Å². The molecule has 7 nitrogen and oxygen atoms in total. The number of hydrogen-bond donors (Lipinski definition) is 2. The molecule has 0 saturated heterocycles. The molecular weight excluding hydrogens is 372 g/mol. The van der Waals surface area contributed by atoms with Crippen molar-refractivity contribution in [3.05, 3.63) is 58.4 Å². The lowest BCUT2D eigenvalue weighted by Crippen LogP contribution is -2.23. The van der Waals surface area contributed by atoms with Gasteiger partial charge in [-0.3, -0.25) is 4.79 Å². The maximum Gasteiger partial charge on any atom is 0.362 e. The molecule has 1 aromatic heterocycles. The summed E-state index contributed by atoms with van der Waals surface area (Å²) in [5.74, 6) is 0.684. The first-order chi connectivity index (χ1) is 14.2. The Morgan fingerprint density at radius 1 is 0.966 bits per heavy atom. The highest BCUT2D eigenvalue weighted by Crippen LogP contribution is 2.34. The van der Waals surface area contributed by atoms with Crippen molar-refractivity contribution in [2.24, 2.45) is 0 Å². The fraction of sp³-hybridized carbons (Fsp3) is 0.273. The van der Waals surface area contributed by atoms with Crippen LogP contribution in [0.3, 0.4) is 0 Å². The smallest absolute Gasteiger partial charge is 0.362 e. The second-order valence-corrected chi connectivity index (χ2v) is 7.28. The normalized spacial score (nSPS) is 15.6. The van der Waals surface area contributed by atoms with Crippen LogP contribution in [0.25, 0.3) is 11.0 Å². The monoisotopic (exact) mass is 392 g/mol. The molecular formula is C22H20N2O5. The van der Waals surface area contributed by atoms with E-state index in [1.807, 2.05) is 18.2 Å². The van der Waals surface area contributed by atoms with Crippen molar-refractivity contribution in [2.75, 3.05) is 17.4 Å². The number of rotatable bonds is 4. The summed E-state index contributed by atoms with van der Waals surface area (Å²) in [7, 11) is 0. The SMILES string of the molecule is O=C(Nc1c(NC2CCCC2)c2ccccc2oc1=O)c1ccc2c(c1)OCO2. The van der Waals surface area contributed by atoms with E-state index in [4.69, 9.17) is 13.9 Å². The van der Waals surface area contributed by atoms with Gasteiger partial charge in [0.2, 0.25) is 6.79 Å². The molecule has 0 unspecified atom stereocenters. The Balaban J connectivity index is 1.53. The number of carbonyl (C=O) groups excluding carboxylic acids is 1. The summed E-state index contributed by atoms with van der Waals surface area (Å²) in [6.45, 7) is 0.129. The van der Waals surface area contributed by atoms with Gasteiger partial charge in [-0.25, -0.2) is 4.79 Å². The lowest BCUT2D eigenvalue weighted by Gasteiger charge is -2.18. The van der Waals surface area contributed by atoms with E-state index < -0.39 is 11.5 Å². The number of para-hydroxylation sites is 1. The van der Waals surface area contributed by atoms with E-state index in [0.29, 0.717) is 28.3 Å². The highest BCUT2D eigenvalue weighted by Gasteiger charge is 2.23. The van der Waals surface area contributed by atoms with Gasteiger partial charge in [-0.2, -0.15) is 0 Å². The maximum atomic E-state index is 12.9. The number of anilines is 2. The third-order valence-electron chi connectivity index (χ3n) is 5.39. The van der Waals surface area contributed by atoms with Crippen LogP contribution in [0.1, 0.15) is 36.0 Å². The van der Waals surface area contributed by atoms with Crippen molar-refractivity contribution < 1.29 is 18.7 Å². The van der Waals surface area contributed by atoms with Gasteiger partial charge in [0, 0.05) is 17.0 Å². The minimum absolute atomic E-state index is 0.123. The average Bonchev–Trinajstić information content (AvgIpc) is 3.41. The van der Waals surface area contributed by atoms with Crippen LogP contribution in [-0.2, 0) is 0 Å². The Morgan fingerprint density at radius 3 is 2.62 bits per heavy atom. The molecule has 1 aliphatic heterocycles. The van der Waals surface area contributed by atoms with Gasteiger partial charge in [0.05, 0.1) is 5.69 Å². The Hall–Kier alpha value is -3.48. The van der Waals surface area contributed by atoms with Gasteiger partial charge in [-0.15, -0.1) is 0 Å². The molecule has 0 spiro atoms. The third-order valence-corrected chi connectivity index (χ3v) is 5.39. The number of benzene rings is 2. The quantitative estimate of drug-likeness (QED) is 0.649. The van der Waals surface area contributed by atoms with Crippen LogP contribution in [0.5, 0.6) is 11.5 Å². The zero-order valence-electron chi connectivity index (χ0n) is 15.7. The number of hydrogen-bond acceptors (Lipinski definition) is 6. The molecule has 5 rings (SSSR count). The summed E-state index contributed by atoms with van der Waals surface area (Å²) >= 11 is 0. The summed E-state index contributed by atoms with van der Waals surface area (Å²) in [4.78, 5) is 25.6. The minimum Gasteiger partial charge on any atom is -0.454 e. The van der Waals surface area contributed by atoms with Gasteiger partial charge < -0.3 is 24.5 Å². The van der Waals surface area contributed by atoms with Crippen LogP contribution in [0.4, 0.5) is 11.4 Å². The number of ether oxygens (including phenoxy) is 2. The van der Waals surface area contributed by atoms with E-state index in [1.165, 1.54) is 0 Å². The van der Waals surface area contributed by atoms with Crippen LogP contribution < -0.4 is 25.7 Å². The molecule has 1 fully saturated rings. The van der Waals surface area contributed by atoms with Gasteiger partial charge in [-0.05, 0) is 43.2 Å². The summed E-state index contributed by atoms with van der Waals surface area (Å²) in [5.41, 5.74) is 1.00. The topological polar surface area (TPSA) is 89.8 Å². The molecule has 7 heteroatoms. The first kappa shape index (κ1) is 17.6. The summed E-state index contributed by atoms with van der Waals surface area (Å²) in [6.07, 6.45) is 4.36. The van der Waals surface area contributed by atoms with Crippen molar-refractivity contribution >= 4 is 28.3 Å². The zero-order chi connectivity index (χ0) is 19.8. The Bertz CT molecular complexity index is 1150. The summed E-state index contributed by atoms with van der Waals surface area (Å²) in [5, 5.41) is 6.98. The molecule has 2 N–H and O–H groups in total. The van der Waals surface area contributed by atoms with E-state index in [2.05, 4.69) is 10.6 Å². The Labute approximate surface area is 166 Å². The molecule has 2 aromatic carbocycles. The molecule has 0 atom stereocenters. The number of nitrogens with one attached hydrogen (secondary N) is 2. The highest BCUT2D eigenvalue weighted by molar-refractivity contribution is 6.09. The maximum absolute atomic E-state index is 12.9. The standard InChI is InChI=1S/C22H20N2O5/c25-21(13-9-10-17-18(11-13)28-12-27-17)24-20-19(23-14-5-1-2-6-14)15-7-3-4-8-16(15)29-22(20)26/h3-4,7-11,14,23H,1-2,5-6,12H2,(H,24,25). The molecule has 2 heterocycles. The van der Waals surface area contributed by atoms with E-state index in [9.17, 15) is 9.59 Å². The lowest BCUT2D eigenvalue weighted by atomic mass is 10.1. The average molecular weight is 392 g/mol. The molecule has 1 amide bonds. The first-order valence-corrected chi connectivity index (χ1v) is 9.72. The van der Waals surface area contributed by atoms with Gasteiger partial charge in [0.15, 0.2) is 17.2 Å². The van der Waals surface area contributed by atoms with Crippen LogP contribution in [0.2, 0.25) is 0 Å². The van der Waals surface area contributed by atoms with Crippen molar-refractivity contribution in [3.63, 3.8) is 0 Å². The van der Waals surface area contributed by atoms with Crippen molar-refractivity contribution in [1.82, 2.24) is 0 Å². The molecule has 0 radical (unpaired) electrons.